The van der Waals surface area contributed by atoms with Crippen molar-refractivity contribution >= 4 is 22.4 Å². The average Bonchev–Trinajstić information content (AvgIpc) is 3.00. The van der Waals surface area contributed by atoms with Gasteiger partial charge in [-0.3, -0.25) is 4.79 Å². The van der Waals surface area contributed by atoms with Crippen LogP contribution in [-0.2, 0) is 4.79 Å². The first-order valence-electron chi connectivity index (χ1n) is 7.78. The zero-order valence-electron chi connectivity index (χ0n) is 12.4. The van der Waals surface area contributed by atoms with Gasteiger partial charge in [0.05, 0.1) is 0 Å². The summed E-state index contributed by atoms with van der Waals surface area (Å²) in [6.45, 7) is 1.92. The Morgan fingerprint density at radius 1 is 1.10 bits per heavy atom. The zero-order valence-corrected chi connectivity index (χ0v) is 12.4. The monoisotopic (exact) mass is 282 g/mol. The quantitative estimate of drug-likeness (QED) is 0.897. The molecular formula is C18H22N2O. The number of fused-ring (bicyclic) bond motifs is 1. The molecule has 0 saturated heterocycles. The van der Waals surface area contributed by atoms with Gasteiger partial charge in [-0.1, -0.05) is 43.2 Å². The largest absolute Gasteiger partial charge is 0.374 e. The highest BCUT2D eigenvalue weighted by Gasteiger charge is 2.20. The topological polar surface area (TPSA) is 41.1 Å². The minimum absolute atomic E-state index is 0.0926. The average molecular weight is 282 g/mol. The summed E-state index contributed by atoms with van der Waals surface area (Å²) < 4.78 is 0. The van der Waals surface area contributed by atoms with Crippen LogP contribution in [0.4, 0.5) is 5.69 Å². The van der Waals surface area contributed by atoms with Crippen molar-refractivity contribution in [3.8, 4) is 0 Å². The third-order valence-corrected chi connectivity index (χ3v) is 4.23. The lowest BCUT2D eigenvalue weighted by atomic mass is 10.1. The van der Waals surface area contributed by atoms with E-state index < -0.39 is 0 Å². The number of amides is 1. The summed E-state index contributed by atoms with van der Waals surface area (Å²) in [6.07, 6.45) is 4.71. The first-order chi connectivity index (χ1) is 10.2. The van der Waals surface area contributed by atoms with E-state index >= 15 is 0 Å². The number of hydrogen-bond acceptors (Lipinski definition) is 2. The standard InChI is InChI=1S/C18H22N2O/c1-13(18(21)20-16-8-4-5-9-16)19-17-11-10-14-6-2-3-7-15(14)12-17/h2-3,6-7,10-13,16,19H,4-5,8-9H2,1H3,(H,20,21). The van der Waals surface area contributed by atoms with E-state index in [4.69, 9.17) is 0 Å². The van der Waals surface area contributed by atoms with E-state index in [1.165, 1.54) is 23.6 Å². The van der Waals surface area contributed by atoms with Crippen LogP contribution in [0.1, 0.15) is 32.6 Å². The van der Waals surface area contributed by atoms with Gasteiger partial charge in [0.1, 0.15) is 6.04 Å². The lowest BCUT2D eigenvalue weighted by Crippen LogP contribution is -2.42. The van der Waals surface area contributed by atoms with Gasteiger partial charge in [-0.15, -0.1) is 0 Å². The second-order valence-electron chi connectivity index (χ2n) is 5.92. The van der Waals surface area contributed by atoms with Crippen molar-refractivity contribution in [2.24, 2.45) is 0 Å². The summed E-state index contributed by atoms with van der Waals surface area (Å²) in [5, 5.41) is 8.83. The van der Waals surface area contributed by atoms with Gasteiger partial charge in [-0.05, 0) is 42.7 Å². The molecule has 0 bridgehead atoms. The van der Waals surface area contributed by atoms with Crippen molar-refractivity contribution in [3.63, 3.8) is 0 Å². The Balaban J connectivity index is 1.64. The summed E-state index contributed by atoms with van der Waals surface area (Å²) in [7, 11) is 0. The maximum Gasteiger partial charge on any atom is 0.242 e. The predicted molar refractivity (Wildman–Crippen MR) is 87.4 cm³/mol. The molecule has 0 radical (unpaired) electrons. The SMILES string of the molecule is CC(Nc1ccc2ccccc2c1)C(=O)NC1CCCC1. The molecule has 0 aromatic heterocycles. The molecule has 2 aromatic carbocycles. The lowest BCUT2D eigenvalue weighted by molar-refractivity contribution is -0.122. The van der Waals surface area contributed by atoms with Crippen LogP contribution < -0.4 is 10.6 Å². The van der Waals surface area contributed by atoms with Crippen LogP contribution in [0, 0.1) is 0 Å². The zero-order chi connectivity index (χ0) is 14.7. The Morgan fingerprint density at radius 3 is 2.57 bits per heavy atom. The summed E-state index contributed by atoms with van der Waals surface area (Å²) >= 11 is 0. The number of nitrogens with one attached hydrogen (secondary N) is 2. The van der Waals surface area contributed by atoms with E-state index in [1.54, 1.807) is 0 Å². The van der Waals surface area contributed by atoms with Crippen LogP contribution in [-0.4, -0.2) is 18.0 Å². The lowest BCUT2D eigenvalue weighted by Gasteiger charge is -2.18. The molecular weight excluding hydrogens is 260 g/mol. The molecule has 0 heterocycles. The normalized spacial score (nSPS) is 16.8. The van der Waals surface area contributed by atoms with Gasteiger partial charge in [-0.2, -0.15) is 0 Å². The predicted octanol–water partition coefficient (Wildman–Crippen LogP) is 3.70. The first-order valence-corrected chi connectivity index (χ1v) is 7.78. The van der Waals surface area contributed by atoms with Gasteiger partial charge in [0.25, 0.3) is 0 Å². The molecule has 1 saturated carbocycles. The number of rotatable bonds is 4. The van der Waals surface area contributed by atoms with Crippen LogP contribution >= 0.6 is 0 Å². The number of carbonyl (C=O) groups is 1. The van der Waals surface area contributed by atoms with Crippen LogP contribution in [0.3, 0.4) is 0 Å². The van der Waals surface area contributed by atoms with Crippen molar-refractivity contribution < 1.29 is 4.79 Å². The Bertz CT molecular complexity index is 632. The first kappa shape index (κ1) is 13.9. The molecule has 0 aliphatic heterocycles. The minimum Gasteiger partial charge on any atom is -0.374 e. The second-order valence-corrected chi connectivity index (χ2v) is 5.92. The van der Waals surface area contributed by atoms with Crippen molar-refractivity contribution in [3.05, 3.63) is 42.5 Å². The van der Waals surface area contributed by atoms with E-state index in [0.29, 0.717) is 6.04 Å². The molecule has 3 heteroatoms. The van der Waals surface area contributed by atoms with Gasteiger partial charge in [-0.25, -0.2) is 0 Å². The fraction of sp³-hybridized carbons (Fsp3) is 0.389. The van der Waals surface area contributed by atoms with Crippen LogP contribution in [0.25, 0.3) is 10.8 Å². The Labute approximate surface area is 125 Å². The van der Waals surface area contributed by atoms with Crippen LogP contribution in [0.2, 0.25) is 0 Å². The Morgan fingerprint density at radius 2 is 1.81 bits per heavy atom. The summed E-state index contributed by atoms with van der Waals surface area (Å²) in [4.78, 5) is 12.2. The van der Waals surface area contributed by atoms with Crippen LogP contribution in [0.15, 0.2) is 42.5 Å². The number of benzene rings is 2. The summed E-state index contributed by atoms with van der Waals surface area (Å²) in [6, 6.07) is 14.6. The Kier molecular flexibility index (Phi) is 4.09. The van der Waals surface area contributed by atoms with Crippen molar-refractivity contribution in [1.82, 2.24) is 5.32 Å². The highest BCUT2D eigenvalue weighted by molar-refractivity contribution is 5.88. The van der Waals surface area contributed by atoms with Crippen molar-refractivity contribution in [1.29, 1.82) is 0 Å². The Hall–Kier alpha value is -2.03. The molecule has 1 aliphatic carbocycles. The van der Waals surface area contributed by atoms with Gasteiger partial charge in [0.2, 0.25) is 5.91 Å². The maximum atomic E-state index is 12.2. The molecule has 1 amide bonds. The molecule has 1 aliphatic rings. The maximum absolute atomic E-state index is 12.2. The van der Waals surface area contributed by atoms with E-state index in [0.717, 1.165) is 18.5 Å². The van der Waals surface area contributed by atoms with Crippen molar-refractivity contribution in [2.45, 2.75) is 44.7 Å². The van der Waals surface area contributed by atoms with Gasteiger partial charge < -0.3 is 10.6 Å². The van der Waals surface area contributed by atoms with E-state index in [1.807, 2.05) is 25.1 Å². The van der Waals surface area contributed by atoms with Gasteiger partial charge in [0, 0.05) is 11.7 Å². The minimum atomic E-state index is -0.216. The number of carbonyl (C=O) groups excluding carboxylic acids is 1. The molecule has 110 valence electrons. The highest BCUT2D eigenvalue weighted by Crippen LogP contribution is 2.20. The molecule has 0 spiro atoms. The third kappa shape index (κ3) is 3.35. The van der Waals surface area contributed by atoms with E-state index in [-0.39, 0.29) is 11.9 Å². The molecule has 2 N–H and O–H groups in total. The van der Waals surface area contributed by atoms with Crippen molar-refractivity contribution in [2.75, 3.05) is 5.32 Å². The summed E-state index contributed by atoms with van der Waals surface area (Å²) in [5.41, 5.74) is 0.989. The molecule has 1 unspecified atom stereocenters. The number of hydrogen-bond donors (Lipinski definition) is 2. The molecule has 1 atom stereocenters. The van der Waals surface area contributed by atoms with Crippen LogP contribution in [0.5, 0.6) is 0 Å². The molecule has 3 rings (SSSR count). The third-order valence-electron chi connectivity index (χ3n) is 4.23. The highest BCUT2D eigenvalue weighted by atomic mass is 16.2. The fourth-order valence-corrected chi connectivity index (χ4v) is 2.99. The van der Waals surface area contributed by atoms with Gasteiger partial charge in [0.15, 0.2) is 0 Å². The van der Waals surface area contributed by atoms with E-state index in [9.17, 15) is 4.79 Å². The summed E-state index contributed by atoms with van der Waals surface area (Å²) in [5.74, 6) is 0.0926. The van der Waals surface area contributed by atoms with E-state index in [2.05, 4.69) is 34.9 Å². The smallest absolute Gasteiger partial charge is 0.242 e. The fourth-order valence-electron chi connectivity index (χ4n) is 2.99. The molecule has 21 heavy (non-hydrogen) atoms. The second kappa shape index (κ2) is 6.17. The van der Waals surface area contributed by atoms with Gasteiger partial charge >= 0.3 is 0 Å². The molecule has 3 nitrogen and oxygen atoms in total. The molecule has 2 aromatic rings. The molecule has 1 fully saturated rings. The number of anilines is 1.